The van der Waals surface area contributed by atoms with Crippen molar-refractivity contribution in [1.29, 1.82) is 0 Å². The summed E-state index contributed by atoms with van der Waals surface area (Å²) < 4.78 is 40.2. The Morgan fingerprint density at radius 3 is 2.60 bits per heavy atom. The fourth-order valence-electron chi connectivity index (χ4n) is 4.51. The van der Waals surface area contributed by atoms with E-state index in [4.69, 9.17) is 14.6 Å². The molecule has 2 N–H and O–H groups in total. The van der Waals surface area contributed by atoms with Crippen molar-refractivity contribution in [2.24, 2.45) is 5.92 Å². The van der Waals surface area contributed by atoms with Gasteiger partial charge >= 0.3 is 11.8 Å². The van der Waals surface area contributed by atoms with Crippen LogP contribution in [0.3, 0.4) is 0 Å². The fourth-order valence-corrected chi connectivity index (χ4v) is 4.51. The highest BCUT2D eigenvalue weighted by atomic mass is 19.2. The van der Waals surface area contributed by atoms with Crippen LogP contribution in [0, 0.1) is 5.92 Å². The predicted octanol–water partition coefficient (Wildman–Crippen LogP) is 4.88. The van der Waals surface area contributed by atoms with Crippen molar-refractivity contribution in [3.63, 3.8) is 0 Å². The van der Waals surface area contributed by atoms with Gasteiger partial charge in [0.25, 0.3) is 0 Å². The number of carboxylic acids is 1. The van der Waals surface area contributed by atoms with Crippen molar-refractivity contribution in [3.05, 3.63) is 24.3 Å². The number of aliphatic hydroxyl groups is 1. The summed E-state index contributed by atoms with van der Waals surface area (Å²) in [5.41, 5.74) is -1.31. The van der Waals surface area contributed by atoms with E-state index in [-0.39, 0.29) is 25.2 Å². The lowest BCUT2D eigenvalue weighted by Gasteiger charge is -2.34. The van der Waals surface area contributed by atoms with Crippen molar-refractivity contribution >= 4 is 5.97 Å². The third-order valence-corrected chi connectivity index (χ3v) is 6.30. The van der Waals surface area contributed by atoms with Gasteiger partial charge in [-0.3, -0.25) is 0 Å². The molecule has 172 valence electrons. The molecule has 2 fully saturated rings. The summed E-state index contributed by atoms with van der Waals surface area (Å²) in [6, 6.07) is 0. The second-order valence-electron chi connectivity index (χ2n) is 8.53. The first-order valence-corrected chi connectivity index (χ1v) is 11.1. The number of halogens is 2. The van der Waals surface area contributed by atoms with E-state index in [9.17, 15) is 14.3 Å². The highest BCUT2D eigenvalue weighted by molar-refractivity contribution is 5.77. The van der Waals surface area contributed by atoms with E-state index in [1.165, 1.54) is 25.3 Å². The summed E-state index contributed by atoms with van der Waals surface area (Å²) >= 11 is 0. The normalized spacial score (nSPS) is 34.5. The molecule has 1 aliphatic carbocycles. The molecule has 7 heteroatoms. The molecule has 1 saturated heterocycles. The minimum atomic E-state index is -2.99. The number of rotatable bonds is 12. The molecule has 0 amide bonds. The number of carboxylic acid groups (broad SMARTS) is 1. The zero-order chi connectivity index (χ0) is 22.2. The van der Waals surface area contributed by atoms with E-state index < -0.39 is 35.6 Å². The van der Waals surface area contributed by atoms with Crippen LogP contribution >= 0.6 is 0 Å². The third kappa shape index (κ3) is 6.11. The van der Waals surface area contributed by atoms with Crippen LogP contribution in [-0.2, 0) is 14.3 Å². The zero-order valence-corrected chi connectivity index (χ0v) is 18.0. The van der Waals surface area contributed by atoms with Crippen molar-refractivity contribution in [3.8, 4) is 0 Å². The standard InChI is InChI=1S/C23H36F2O5/c1-3-4-5-6-7-8-13-22(24)14-12-19(26)18(22)11-9-10-17(2)20-23(25,21(27)28)30-16-15-29-20/h9-10,18-20,26H,2-8,11-16H2,1H3,(H,27,28)/t18-,19-,20?,22+,23?/m0/s1. The van der Waals surface area contributed by atoms with Crippen LogP contribution in [-0.4, -0.2) is 53.1 Å². The van der Waals surface area contributed by atoms with Crippen LogP contribution < -0.4 is 0 Å². The highest BCUT2D eigenvalue weighted by Crippen LogP contribution is 2.45. The minimum absolute atomic E-state index is 0.0592. The molecule has 0 aromatic rings. The summed E-state index contributed by atoms with van der Waals surface area (Å²) in [4.78, 5) is 11.3. The van der Waals surface area contributed by atoms with Crippen LogP contribution in [0.5, 0.6) is 0 Å². The van der Waals surface area contributed by atoms with Crippen LogP contribution in [0.2, 0.25) is 0 Å². The molecule has 5 atom stereocenters. The van der Waals surface area contributed by atoms with Gasteiger partial charge in [-0.1, -0.05) is 64.2 Å². The zero-order valence-electron chi connectivity index (χ0n) is 18.0. The SMILES string of the molecule is C=C(C=CC[C@H]1[C@@H](O)CC[C@]1(F)CCCCCCCC)C1OCCOC1(F)C(=O)O. The van der Waals surface area contributed by atoms with Gasteiger partial charge in [-0.2, -0.15) is 4.39 Å². The highest BCUT2D eigenvalue weighted by Gasteiger charge is 2.52. The molecule has 0 aromatic carbocycles. The summed E-state index contributed by atoms with van der Waals surface area (Å²) in [6.07, 6.45) is 8.81. The van der Waals surface area contributed by atoms with Gasteiger partial charge in [0, 0.05) is 5.92 Å². The molecular formula is C23H36F2O5. The largest absolute Gasteiger partial charge is 0.477 e. The molecule has 5 nitrogen and oxygen atoms in total. The van der Waals surface area contributed by atoms with Crippen molar-refractivity contribution in [2.45, 2.75) is 94.9 Å². The quantitative estimate of drug-likeness (QED) is 0.341. The molecule has 1 aliphatic heterocycles. The van der Waals surface area contributed by atoms with Crippen molar-refractivity contribution < 1.29 is 33.3 Å². The Kier molecular flexibility index (Phi) is 9.44. The van der Waals surface area contributed by atoms with E-state index in [0.717, 1.165) is 19.3 Å². The Morgan fingerprint density at radius 1 is 1.20 bits per heavy atom. The van der Waals surface area contributed by atoms with E-state index >= 15 is 4.39 Å². The maximum Gasteiger partial charge on any atom is 0.372 e. The molecular weight excluding hydrogens is 394 g/mol. The van der Waals surface area contributed by atoms with Gasteiger partial charge in [-0.15, -0.1) is 0 Å². The van der Waals surface area contributed by atoms with Gasteiger partial charge in [-0.25, -0.2) is 9.18 Å². The van der Waals surface area contributed by atoms with E-state index in [1.807, 2.05) is 0 Å². The second kappa shape index (κ2) is 11.3. The lowest BCUT2D eigenvalue weighted by Crippen LogP contribution is -2.53. The maximum atomic E-state index is 15.5. The number of hydrogen-bond acceptors (Lipinski definition) is 4. The fraction of sp³-hybridized carbons (Fsp3) is 0.783. The van der Waals surface area contributed by atoms with Crippen molar-refractivity contribution in [1.82, 2.24) is 0 Å². The lowest BCUT2D eigenvalue weighted by atomic mass is 9.84. The molecule has 1 saturated carbocycles. The average molecular weight is 431 g/mol. The van der Waals surface area contributed by atoms with Crippen LogP contribution in [0.4, 0.5) is 8.78 Å². The number of aliphatic hydroxyl groups excluding tert-OH is 1. The van der Waals surface area contributed by atoms with Gasteiger partial charge in [0.1, 0.15) is 5.67 Å². The first-order valence-electron chi connectivity index (χ1n) is 11.1. The molecule has 1 heterocycles. The van der Waals surface area contributed by atoms with E-state index in [1.54, 1.807) is 6.08 Å². The number of ether oxygens (including phenoxy) is 2. The maximum absolute atomic E-state index is 15.5. The van der Waals surface area contributed by atoms with E-state index in [2.05, 4.69) is 13.5 Å². The van der Waals surface area contributed by atoms with Crippen LogP contribution in [0.25, 0.3) is 0 Å². The molecule has 0 bridgehead atoms. The third-order valence-electron chi connectivity index (χ3n) is 6.30. The minimum Gasteiger partial charge on any atom is -0.477 e. The van der Waals surface area contributed by atoms with Crippen LogP contribution in [0.1, 0.15) is 71.1 Å². The molecule has 0 radical (unpaired) electrons. The molecule has 2 unspecified atom stereocenters. The first kappa shape index (κ1) is 25.0. The van der Waals surface area contributed by atoms with Crippen LogP contribution in [0.15, 0.2) is 24.3 Å². The second-order valence-corrected chi connectivity index (χ2v) is 8.53. The lowest BCUT2D eigenvalue weighted by molar-refractivity contribution is -0.256. The Bertz CT molecular complexity index is 610. The van der Waals surface area contributed by atoms with Gasteiger partial charge in [0.15, 0.2) is 6.10 Å². The average Bonchev–Trinajstić information content (AvgIpc) is 2.99. The molecule has 0 spiro atoms. The molecule has 0 aromatic heterocycles. The first-order chi connectivity index (χ1) is 14.2. The number of alkyl halides is 2. The summed E-state index contributed by atoms with van der Waals surface area (Å²) in [7, 11) is 0. The predicted molar refractivity (Wildman–Crippen MR) is 111 cm³/mol. The molecule has 30 heavy (non-hydrogen) atoms. The smallest absolute Gasteiger partial charge is 0.372 e. The van der Waals surface area contributed by atoms with E-state index in [0.29, 0.717) is 19.3 Å². The van der Waals surface area contributed by atoms with Crippen molar-refractivity contribution in [2.75, 3.05) is 13.2 Å². The molecule has 2 aliphatic rings. The summed E-state index contributed by atoms with van der Waals surface area (Å²) in [5, 5.41) is 19.4. The summed E-state index contributed by atoms with van der Waals surface area (Å²) in [5.74, 6) is -5.29. The molecule has 2 rings (SSSR count). The Balaban J connectivity index is 1.90. The van der Waals surface area contributed by atoms with Gasteiger partial charge in [-0.05, 0) is 31.3 Å². The van der Waals surface area contributed by atoms with Gasteiger partial charge in [0.05, 0.1) is 19.3 Å². The Morgan fingerprint density at radius 2 is 1.90 bits per heavy atom. The Labute approximate surface area is 178 Å². The number of carbonyl (C=O) groups is 1. The number of hydrogen-bond donors (Lipinski definition) is 2. The topological polar surface area (TPSA) is 76.0 Å². The number of allylic oxidation sites excluding steroid dienone is 1. The van der Waals surface area contributed by atoms with Gasteiger partial charge < -0.3 is 19.7 Å². The number of unbranched alkanes of at least 4 members (excludes halogenated alkanes) is 5. The summed E-state index contributed by atoms with van der Waals surface area (Å²) in [6.45, 7) is 5.77. The monoisotopic (exact) mass is 430 g/mol. The number of aliphatic carboxylic acids is 1. The van der Waals surface area contributed by atoms with Gasteiger partial charge in [0.2, 0.25) is 0 Å². The Hall–Kier alpha value is -1.31.